The number of nitrogens with zero attached hydrogens (tertiary/aromatic N) is 1. The summed E-state index contributed by atoms with van der Waals surface area (Å²) in [5.41, 5.74) is 0.682. The van der Waals surface area contributed by atoms with Gasteiger partial charge in [-0.1, -0.05) is 30.3 Å². The minimum atomic E-state index is -0.0753. The van der Waals surface area contributed by atoms with E-state index in [4.69, 9.17) is 4.74 Å². The average Bonchev–Trinajstić information content (AvgIpc) is 2.64. The predicted molar refractivity (Wildman–Crippen MR) is 103 cm³/mol. The van der Waals surface area contributed by atoms with E-state index in [2.05, 4.69) is 10.6 Å². The number of anilines is 1. The van der Waals surface area contributed by atoms with Crippen LogP contribution in [0.3, 0.4) is 0 Å². The summed E-state index contributed by atoms with van der Waals surface area (Å²) >= 11 is 0. The minimum Gasteiger partial charge on any atom is -0.455 e. The Morgan fingerprint density at radius 2 is 1.68 bits per heavy atom. The summed E-state index contributed by atoms with van der Waals surface area (Å²) in [6, 6.07) is 17.5. The highest BCUT2D eigenvalue weighted by Gasteiger charge is 2.22. The molecule has 2 aromatic rings. The molecule has 1 aliphatic rings. The third-order valence-electron chi connectivity index (χ3n) is 4.29. The van der Waals surface area contributed by atoms with Crippen LogP contribution < -0.4 is 15.4 Å². The SMILES string of the molecule is CNC1CCN(C(=O)Nc2ccccc2Oc2ccccc2)CC1.Cl. The van der Waals surface area contributed by atoms with Gasteiger partial charge < -0.3 is 20.3 Å². The van der Waals surface area contributed by atoms with Gasteiger partial charge in [0.15, 0.2) is 5.75 Å². The van der Waals surface area contributed by atoms with Gasteiger partial charge in [0.05, 0.1) is 5.69 Å². The quantitative estimate of drug-likeness (QED) is 0.861. The van der Waals surface area contributed by atoms with Gasteiger partial charge in [0.2, 0.25) is 0 Å². The van der Waals surface area contributed by atoms with Gasteiger partial charge in [-0.2, -0.15) is 0 Å². The molecule has 0 unspecified atom stereocenters. The van der Waals surface area contributed by atoms with Gasteiger partial charge >= 0.3 is 6.03 Å². The van der Waals surface area contributed by atoms with Crippen molar-refractivity contribution >= 4 is 24.1 Å². The first kappa shape index (κ1) is 19.1. The number of urea groups is 1. The predicted octanol–water partition coefficient (Wildman–Crippen LogP) is 4.12. The molecule has 0 aliphatic carbocycles. The molecule has 0 bridgehead atoms. The Morgan fingerprint density at radius 3 is 2.36 bits per heavy atom. The van der Waals surface area contributed by atoms with Gasteiger partial charge in [-0.3, -0.25) is 0 Å². The Bertz CT molecular complexity index is 673. The molecule has 3 rings (SSSR count). The first-order valence-corrected chi connectivity index (χ1v) is 8.31. The van der Waals surface area contributed by atoms with Crippen molar-refractivity contribution in [2.45, 2.75) is 18.9 Å². The van der Waals surface area contributed by atoms with E-state index in [1.165, 1.54) is 0 Å². The molecule has 2 N–H and O–H groups in total. The fraction of sp³-hybridized carbons (Fsp3) is 0.316. The first-order chi connectivity index (χ1) is 11.8. The van der Waals surface area contributed by atoms with E-state index in [1.54, 1.807) is 0 Å². The molecule has 2 aromatic carbocycles. The number of ether oxygens (including phenoxy) is 1. The van der Waals surface area contributed by atoms with Crippen molar-refractivity contribution < 1.29 is 9.53 Å². The summed E-state index contributed by atoms with van der Waals surface area (Å²) in [4.78, 5) is 14.4. The number of hydrogen-bond donors (Lipinski definition) is 2. The molecule has 6 heteroatoms. The zero-order valence-electron chi connectivity index (χ0n) is 14.3. The lowest BCUT2D eigenvalue weighted by molar-refractivity contribution is 0.190. The summed E-state index contributed by atoms with van der Waals surface area (Å²) in [5, 5.41) is 6.25. The van der Waals surface area contributed by atoms with Crippen LogP contribution in [0.4, 0.5) is 10.5 Å². The Balaban J connectivity index is 0.00000225. The third-order valence-corrected chi connectivity index (χ3v) is 4.29. The summed E-state index contributed by atoms with van der Waals surface area (Å²) in [7, 11) is 1.97. The number of nitrogens with one attached hydrogen (secondary N) is 2. The van der Waals surface area contributed by atoms with E-state index in [-0.39, 0.29) is 18.4 Å². The standard InChI is InChI=1S/C19H23N3O2.ClH/c1-20-15-11-13-22(14-12-15)19(23)21-17-9-5-6-10-18(17)24-16-7-3-2-4-8-16;/h2-10,15,20H,11-14H2,1H3,(H,21,23);1H. The normalized spacial score (nSPS) is 14.5. The molecule has 0 radical (unpaired) electrons. The summed E-state index contributed by atoms with van der Waals surface area (Å²) < 4.78 is 5.89. The average molecular weight is 362 g/mol. The van der Waals surface area contributed by atoms with Gasteiger partial charge in [-0.15, -0.1) is 12.4 Å². The largest absolute Gasteiger partial charge is 0.455 e. The van der Waals surface area contributed by atoms with Crippen molar-refractivity contribution in [2.75, 3.05) is 25.5 Å². The van der Waals surface area contributed by atoms with Crippen LogP contribution in [0.5, 0.6) is 11.5 Å². The van der Waals surface area contributed by atoms with E-state index in [0.717, 1.165) is 31.7 Å². The second-order valence-corrected chi connectivity index (χ2v) is 5.89. The van der Waals surface area contributed by atoms with Crippen LogP contribution in [0.25, 0.3) is 0 Å². The molecular formula is C19H24ClN3O2. The van der Waals surface area contributed by atoms with E-state index in [0.29, 0.717) is 17.5 Å². The minimum absolute atomic E-state index is 0. The highest BCUT2D eigenvalue weighted by Crippen LogP contribution is 2.29. The van der Waals surface area contributed by atoms with Gasteiger partial charge in [0.25, 0.3) is 0 Å². The van der Waals surface area contributed by atoms with Crippen molar-refractivity contribution in [1.82, 2.24) is 10.2 Å². The van der Waals surface area contributed by atoms with Gasteiger partial charge in [0.1, 0.15) is 5.75 Å². The first-order valence-electron chi connectivity index (χ1n) is 8.31. The summed E-state index contributed by atoms with van der Waals surface area (Å²) in [5.74, 6) is 1.39. The fourth-order valence-corrected chi connectivity index (χ4v) is 2.84. The number of para-hydroxylation sites is 3. The van der Waals surface area contributed by atoms with Crippen LogP contribution >= 0.6 is 12.4 Å². The van der Waals surface area contributed by atoms with Crippen LogP contribution in [0.2, 0.25) is 0 Å². The molecule has 1 fully saturated rings. The Hall–Kier alpha value is -2.24. The molecule has 0 spiro atoms. The van der Waals surface area contributed by atoms with E-state index in [1.807, 2.05) is 66.5 Å². The summed E-state index contributed by atoms with van der Waals surface area (Å²) in [6.07, 6.45) is 1.96. The number of benzene rings is 2. The zero-order valence-corrected chi connectivity index (χ0v) is 15.1. The van der Waals surface area contributed by atoms with Crippen molar-refractivity contribution in [3.8, 4) is 11.5 Å². The molecule has 25 heavy (non-hydrogen) atoms. The smallest absolute Gasteiger partial charge is 0.321 e. The molecular weight excluding hydrogens is 338 g/mol. The molecule has 134 valence electrons. The van der Waals surface area contributed by atoms with Crippen molar-refractivity contribution in [3.63, 3.8) is 0 Å². The van der Waals surface area contributed by atoms with Crippen molar-refractivity contribution in [1.29, 1.82) is 0 Å². The van der Waals surface area contributed by atoms with Crippen LogP contribution in [0, 0.1) is 0 Å². The highest BCUT2D eigenvalue weighted by molar-refractivity contribution is 5.91. The Labute approximate surface area is 154 Å². The van der Waals surface area contributed by atoms with Crippen LogP contribution in [-0.4, -0.2) is 37.1 Å². The lowest BCUT2D eigenvalue weighted by Gasteiger charge is -2.31. The molecule has 0 saturated carbocycles. The number of likely N-dealkylation sites (tertiary alicyclic amines) is 1. The molecule has 0 aromatic heterocycles. The number of hydrogen-bond acceptors (Lipinski definition) is 3. The maximum atomic E-state index is 12.5. The fourth-order valence-electron chi connectivity index (χ4n) is 2.84. The number of rotatable bonds is 4. The highest BCUT2D eigenvalue weighted by atomic mass is 35.5. The monoisotopic (exact) mass is 361 g/mol. The van der Waals surface area contributed by atoms with E-state index in [9.17, 15) is 4.79 Å². The van der Waals surface area contributed by atoms with Crippen LogP contribution in [0.1, 0.15) is 12.8 Å². The second-order valence-electron chi connectivity index (χ2n) is 5.89. The van der Waals surface area contributed by atoms with Gasteiger partial charge in [-0.25, -0.2) is 4.79 Å². The molecule has 2 amide bonds. The molecule has 1 saturated heterocycles. The number of carbonyl (C=O) groups excluding carboxylic acids is 1. The maximum Gasteiger partial charge on any atom is 0.321 e. The van der Waals surface area contributed by atoms with Crippen LogP contribution in [0.15, 0.2) is 54.6 Å². The van der Waals surface area contributed by atoms with Crippen molar-refractivity contribution in [2.24, 2.45) is 0 Å². The number of amides is 2. The summed E-state index contributed by atoms with van der Waals surface area (Å²) in [6.45, 7) is 1.53. The Morgan fingerprint density at radius 1 is 1.04 bits per heavy atom. The van der Waals surface area contributed by atoms with Crippen LogP contribution in [-0.2, 0) is 0 Å². The number of piperidine rings is 1. The molecule has 1 heterocycles. The molecule has 5 nitrogen and oxygen atoms in total. The third kappa shape index (κ3) is 5.11. The number of carbonyl (C=O) groups is 1. The topological polar surface area (TPSA) is 53.6 Å². The van der Waals surface area contributed by atoms with E-state index < -0.39 is 0 Å². The Kier molecular flexibility index (Phi) is 7.10. The molecule has 0 atom stereocenters. The van der Waals surface area contributed by atoms with Gasteiger partial charge in [0, 0.05) is 19.1 Å². The lowest BCUT2D eigenvalue weighted by Crippen LogP contribution is -2.45. The lowest BCUT2D eigenvalue weighted by atomic mass is 10.1. The van der Waals surface area contributed by atoms with E-state index >= 15 is 0 Å². The number of halogens is 1. The maximum absolute atomic E-state index is 12.5. The van der Waals surface area contributed by atoms with Gasteiger partial charge in [-0.05, 0) is 44.2 Å². The molecule has 1 aliphatic heterocycles. The van der Waals surface area contributed by atoms with Crippen molar-refractivity contribution in [3.05, 3.63) is 54.6 Å². The second kappa shape index (κ2) is 9.30. The zero-order chi connectivity index (χ0) is 16.8.